The quantitative estimate of drug-likeness (QED) is 0.880. The van der Waals surface area contributed by atoms with E-state index in [1.54, 1.807) is 0 Å². The molecule has 0 unspecified atom stereocenters. The fraction of sp³-hybridized carbons (Fsp3) is 0.308. The number of hydrogen-bond donors (Lipinski definition) is 1. The number of nitrogen functional groups attached to an aromatic ring is 1. The minimum absolute atomic E-state index is 0.430. The molecule has 90 valence electrons. The van der Waals surface area contributed by atoms with E-state index in [-0.39, 0.29) is 0 Å². The Labute approximate surface area is 100 Å². The fourth-order valence-electron chi connectivity index (χ4n) is 1.56. The first kappa shape index (κ1) is 11.5. The van der Waals surface area contributed by atoms with E-state index >= 15 is 0 Å². The highest BCUT2D eigenvalue weighted by atomic mass is 16.5. The average molecular weight is 232 g/mol. The molecule has 0 aliphatic heterocycles. The largest absolute Gasteiger partial charge is 0.494 e. The molecule has 0 amide bonds. The van der Waals surface area contributed by atoms with E-state index in [1.807, 2.05) is 31.2 Å². The first-order chi connectivity index (χ1) is 8.22. The zero-order chi connectivity index (χ0) is 12.3. The lowest BCUT2D eigenvalue weighted by Gasteiger charge is -2.05. The van der Waals surface area contributed by atoms with Crippen LogP contribution in [0.5, 0.6) is 5.75 Å². The summed E-state index contributed by atoms with van der Waals surface area (Å²) in [5.74, 6) is 1.96. The van der Waals surface area contributed by atoms with Gasteiger partial charge in [0.2, 0.25) is 0 Å². The second-order valence-electron chi connectivity index (χ2n) is 3.90. The molecule has 4 heteroatoms. The standard InChI is InChI=1S/C13H16N2O2/c1-3-7-16-11-6-4-5-10(8-11)12-9(2)13(14)15-17-12/h4-6,8H,3,7H2,1-2H3,(H2,14,15). The predicted molar refractivity (Wildman–Crippen MR) is 66.9 cm³/mol. The molecule has 0 spiro atoms. The fourth-order valence-corrected chi connectivity index (χ4v) is 1.56. The molecule has 0 saturated heterocycles. The number of hydrogen-bond acceptors (Lipinski definition) is 4. The Morgan fingerprint density at radius 3 is 2.88 bits per heavy atom. The van der Waals surface area contributed by atoms with Crippen molar-refractivity contribution in [2.45, 2.75) is 20.3 Å². The summed E-state index contributed by atoms with van der Waals surface area (Å²) in [6.07, 6.45) is 0.985. The Morgan fingerprint density at radius 2 is 2.24 bits per heavy atom. The van der Waals surface area contributed by atoms with Gasteiger partial charge >= 0.3 is 0 Å². The smallest absolute Gasteiger partial charge is 0.172 e. The van der Waals surface area contributed by atoms with E-state index in [0.29, 0.717) is 18.2 Å². The van der Waals surface area contributed by atoms with Gasteiger partial charge in [-0.05, 0) is 25.5 Å². The molecule has 2 aromatic rings. The van der Waals surface area contributed by atoms with Crippen LogP contribution in [0.25, 0.3) is 11.3 Å². The molecule has 0 radical (unpaired) electrons. The van der Waals surface area contributed by atoms with Crippen LogP contribution in [0.3, 0.4) is 0 Å². The molecule has 0 bridgehead atoms. The minimum atomic E-state index is 0.430. The SMILES string of the molecule is CCCOc1cccc(-c2onc(N)c2C)c1. The first-order valence-electron chi connectivity index (χ1n) is 5.67. The van der Waals surface area contributed by atoms with Crippen molar-refractivity contribution in [2.75, 3.05) is 12.3 Å². The maximum Gasteiger partial charge on any atom is 0.172 e. The van der Waals surface area contributed by atoms with Gasteiger partial charge in [-0.3, -0.25) is 0 Å². The number of ether oxygens (including phenoxy) is 1. The van der Waals surface area contributed by atoms with E-state index in [9.17, 15) is 0 Å². The van der Waals surface area contributed by atoms with Crippen LogP contribution in [0.1, 0.15) is 18.9 Å². The van der Waals surface area contributed by atoms with Gasteiger partial charge < -0.3 is 15.0 Å². The molecule has 0 fully saturated rings. The molecule has 2 N–H and O–H groups in total. The van der Waals surface area contributed by atoms with Gasteiger partial charge in [-0.2, -0.15) is 0 Å². The summed E-state index contributed by atoms with van der Waals surface area (Å²) in [4.78, 5) is 0. The van der Waals surface area contributed by atoms with Gasteiger partial charge in [-0.15, -0.1) is 0 Å². The van der Waals surface area contributed by atoms with Gasteiger partial charge in [0.15, 0.2) is 11.6 Å². The number of rotatable bonds is 4. The molecule has 1 aromatic heterocycles. The van der Waals surface area contributed by atoms with Crippen LogP contribution in [0, 0.1) is 6.92 Å². The van der Waals surface area contributed by atoms with Gasteiger partial charge in [0, 0.05) is 11.1 Å². The van der Waals surface area contributed by atoms with Crippen molar-refractivity contribution in [3.8, 4) is 17.1 Å². The maximum atomic E-state index is 5.66. The van der Waals surface area contributed by atoms with Crippen LogP contribution in [-0.2, 0) is 0 Å². The Morgan fingerprint density at radius 1 is 1.41 bits per heavy atom. The molecule has 1 heterocycles. The summed E-state index contributed by atoms with van der Waals surface area (Å²) in [6, 6.07) is 7.74. The lowest BCUT2D eigenvalue weighted by atomic mass is 10.1. The van der Waals surface area contributed by atoms with Gasteiger partial charge in [-0.25, -0.2) is 0 Å². The van der Waals surface area contributed by atoms with E-state index in [1.165, 1.54) is 0 Å². The second-order valence-corrected chi connectivity index (χ2v) is 3.90. The highest BCUT2D eigenvalue weighted by Crippen LogP contribution is 2.29. The lowest BCUT2D eigenvalue weighted by molar-refractivity contribution is 0.317. The molecule has 4 nitrogen and oxygen atoms in total. The Hall–Kier alpha value is -1.97. The zero-order valence-corrected chi connectivity index (χ0v) is 10.1. The number of aromatic nitrogens is 1. The van der Waals surface area contributed by atoms with Crippen molar-refractivity contribution in [1.82, 2.24) is 5.16 Å². The van der Waals surface area contributed by atoms with Gasteiger partial charge in [-0.1, -0.05) is 24.2 Å². The zero-order valence-electron chi connectivity index (χ0n) is 10.1. The molecular weight excluding hydrogens is 216 g/mol. The maximum absolute atomic E-state index is 5.66. The first-order valence-corrected chi connectivity index (χ1v) is 5.67. The van der Waals surface area contributed by atoms with Crippen molar-refractivity contribution < 1.29 is 9.26 Å². The summed E-state index contributed by atoms with van der Waals surface area (Å²) in [7, 11) is 0. The summed E-state index contributed by atoms with van der Waals surface area (Å²) >= 11 is 0. The second kappa shape index (κ2) is 4.91. The molecule has 0 atom stereocenters. The summed E-state index contributed by atoms with van der Waals surface area (Å²) in [5, 5.41) is 3.75. The molecule has 0 saturated carbocycles. The van der Waals surface area contributed by atoms with Gasteiger partial charge in [0.1, 0.15) is 5.75 Å². The van der Waals surface area contributed by atoms with E-state index in [0.717, 1.165) is 23.3 Å². The van der Waals surface area contributed by atoms with Crippen LogP contribution in [0.15, 0.2) is 28.8 Å². The van der Waals surface area contributed by atoms with Crippen molar-refractivity contribution in [1.29, 1.82) is 0 Å². The average Bonchev–Trinajstić information content (AvgIpc) is 2.68. The lowest BCUT2D eigenvalue weighted by Crippen LogP contribution is -1.94. The van der Waals surface area contributed by atoms with Crippen molar-refractivity contribution in [2.24, 2.45) is 0 Å². The van der Waals surface area contributed by atoms with Crippen molar-refractivity contribution in [3.05, 3.63) is 29.8 Å². The molecule has 1 aromatic carbocycles. The number of anilines is 1. The summed E-state index contributed by atoms with van der Waals surface area (Å²) in [5.41, 5.74) is 7.45. The number of nitrogens with two attached hydrogens (primary N) is 1. The predicted octanol–water partition coefficient (Wildman–Crippen LogP) is 3.02. The van der Waals surface area contributed by atoms with Gasteiger partial charge in [0.05, 0.1) is 6.61 Å². The monoisotopic (exact) mass is 232 g/mol. The third-order valence-corrected chi connectivity index (χ3v) is 2.53. The topological polar surface area (TPSA) is 61.3 Å². The Balaban J connectivity index is 2.30. The van der Waals surface area contributed by atoms with E-state index < -0.39 is 0 Å². The highest BCUT2D eigenvalue weighted by Gasteiger charge is 2.11. The van der Waals surface area contributed by atoms with Crippen molar-refractivity contribution >= 4 is 5.82 Å². The molecule has 2 rings (SSSR count). The molecule has 0 aliphatic carbocycles. The third-order valence-electron chi connectivity index (χ3n) is 2.53. The van der Waals surface area contributed by atoms with E-state index in [2.05, 4.69) is 12.1 Å². The van der Waals surface area contributed by atoms with Crippen LogP contribution < -0.4 is 10.5 Å². The van der Waals surface area contributed by atoms with Crippen LogP contribution in [0.2, 0.25) is 0 Å². The van der Waals surface area contributed by atoms with E-state index in [4.69, 9.17) is 15.0 Å². The van der Waals surface area contributed by atoms with Gasteiger partial charge in [0.25, 0.3) is 0 Å². The molecule has 17 heavy (non-hydrogen) atoms. The summed E-state index contributed by atoms with van der Waals surface area (Å²) < 4.78 is 10.8. The number of nitrogens with zero attached hydrogens (tertiary/aromatic N) is 1. The third kappa shape index (κ3) is 2.41. The normalized spacial score (nSPS) is 10.5. The van der Waals surface area contributed by atoms with Crippen LogP contribution >= 0.6 is 0 Å². The summed E-state index contributed by atoms with van der Waals surface area (Å²) in [6.45, 7) is 4.67. The molecule has 0 aliphatic rings. The highest BCUT2D eigenvalue weighted by molar-refractivity contribution is 5.66. The van der Waals surface area contributed by atoms with Crippen LogP contribution in [-0.4, -0.2) is 11.8 Å². The minimum Gasteiger partial charge on any atom is -0.494 e. The Kier molecular flexibility index (Phi) is 3.32. The molecular formula is C13H16N2O2. The van der Waals surface area contributed by atoms with Crippen molar-refractivity contribution in [3.63, 3.8) is 0 Å². The Bertz CT molecular complexity index is 506. The van der Waals surface area contributed by atoms with Crippen LogP contribution in [0.4, 0.5) is 5.82 Å². The number of benzene rings is 1.